The lowest BCUT2D eigenvalue weighted by Gasteiger charge is -2.17. The smallest absolute Gasteiger partial charge is 0.286 e. The monoisotopic (exact) mass is 454 g/mol. The minimum Gasteiger partial charge on any atom is -0.286 e. The highest BCUT2D eigenvalue weighted by Gasteiger charge is 2.40. The van der Waals surface area contributed by atoms with Gasteiger partial charge in [0.25, 0.3) is 0 Å². The number of hydrogen-bond acceptors (Lipinski definition) is 3. The predicted octanol–water partition coefficient (Wildman–Crippen LogP) is 6.06. The fourth-order valence-corrected chi connectivity index (χ4v) is 3.92. The summed E-state index contributed by atoms with van der Waals surface area (Å²) in [6.07, 6.45) is 0.976. The van der Waals surface area contributed by atoms with Gasteiger partial charge in [0.2, 0.25) is 5.08 Å². The van der Waals surface area contributed by atoms with E-state index in [2.05, 4.69) is 28.6 Å². The Morgan fingerprint density at radius 3 is 2.26 bits per heavy atom. The molecule has 2 atom stereocenters. The molecule has 0 saturated heterocycles. The zero-order chi connectivity index (χ0) is 17.8. The molecule has 0 amide bonds. The van der Waals surface area contributed by atoms with E-state index in [1.165, 1.54) is 0 Å². The number of carbonyl (C=O) groups excluding carboxylic acids is 1. The highest BCUT2D eigenvalue weighted by Crippen LogP contribution is 2.43. The first-order valence-corrected chi connectivity index (χ1v) is 9.37. The number of thioether (sulfide) groups is 2. The fraction of sp³-hybridized carbons (Fsp3) is 0.462. The minimum absolute atomic E-state index is 0.300. The van der Waals surface area contributed by atoms with Crippen molar-refractivity contribution in [2.24, 2.45) is 0 Å². The summed E-state index contributed by atoms with van der Waals surface area (Å²) in [5, 5.41) is -7.81. The Kier molecular flexibility index (Phi) is 8.22. The number of thiol groups is 1. The van der Waals surface area contributed by atoms with Gasteiger partial charge in [-0.2, -0.15) is 8.78 Å². The normalized spacial score (nSPS) is 14.6. The Bertz CT molecular complexity index is 548. The topological polar surface area (TPSA) is 17.1 Å². The summed E-state index contributed by atoms with van der Waals surface area (Å²) >= 11 is 6.12. The predicted molar refractivity (Wildman–Crippen MR) is 89.5 cm³/mol. The van der Waals surface area contributed by atoms with Gasteiger partial charge in [0.15, 0.2) is 5.12 Å². The average Bonchev–Trinajstić information content (AvgIpc) is 2.40. The van der Waals surface area contributed by atoms with Crippen LogP contribution in [0.5, 0.6) is 0 Å². The molecule has 0 aliphatic heterocycles. The minimum atomic E-state index is -3.88. The summed E-state index contributed by atoms with van der Waals surface area (Å²) in [6.45, 7) is 1.80. The third-order valence-electron chi connectivity index (χ3n) is 2.57. The van der Waals surface area contributed by atoms with Crippen molar-refractivity contribution < 1.29 is 26.7 Å². The largest absolute Gasteiger partial charge is 0.338 e. The van der Waals surface area contributed by atoms with E-state index >= 15 is 0 Å². The van der Waals surface area contributed by atoms with E-state index in [9.17, 15) is 26.7 Å². The van der Waals surface area contributed by atoms with Crippen molar-refractivity contribution in [3.05, 3.63) is 23.8 Å². The van der Waals surface area contributed by atoms with Crippen LogP contribution in [0.25, 0.3) is 0 Å². The molecule has 0 aliphatic rings. The molecule has 0 fully saturated rings. The first-order valence-electron chi connectivity index (χ1n) is 6.32. The summed E-state index contributed by atoms with van der Waals surface area (Å²) < 4.78 is 67.2. The second-order valence-electron chi connectivity index (χ2n) is 4.41. The van der Waals surface area contributed by atoms with Crippen molar-refractivity contribution in [3.8, 4) is 0 Å². The summed E-state index contributed by atoms with van der Waals surface area (Å²) in [6, 6.07) is 1.37. The average molecular weight is 455 g/mol. The molecule has 1 aromatic carbocycles. The van der Waals surface area contributed by atoms with Crippen LogP contribution in [0.2, 0.25) is 0 Å². The lowest BCUT2D eigenvalue weighted by atomic mass is 10.3. The molecule has 0 spiro atoms. The maximum atomic E-state index is 14.0. The molecule has 1 aromatic rings. The maximum absolute atomic E-state index is 14.0. The molecule has 130 valence electrons. The molecule has 2 unspecified atom stereocenters. The van der Waals surface area contributed by atoms with Gasteiger partial charge in [-0.25, -0.2) is 13.2 Å². The van der Waals surface area contributed by atoms with Crippen LogP contribution in [0.15, 0.2) is 21.9 Å². The van der Waals surface area contributed by atoms with Gasteiger partial charge in [-0.05, 0) is 46.2 Å². The quantitative estimate of drug-likeness (QED) is 0.222. The van der Waals surface area contributed by atoms with Crippen molar-refractivity contribution in [2.75, 3.05) is 0 Å². The van der Waals surface area contributed by atoms with Gasteiger partial charge in [-0.1, -0.05) is 13.3 Å². The maximum Gasteiger partial charge on any atom is 0.338 e. The molecular formula is C13H12BrF5OS3. The van der Waals surface area contributed by atoms with Crippen LogP contribution >= 0.6 is 52.1 Å². The van der Waals surface area contributed by atoms with Gasteiger partial charge < -0.3 is 0 Å². The third kappa shape index (κ3) is 6.13. The molecule has 0 heterocycles. The van der Waals surface area contributed by atoms with Gasteiger partial charge in [0.1, 0.15) is 11.6 Å². The molecule has 0 aromatic heterocycles. The molecule has 0 radical (unpaired) electrons. The number of carbonyl (C=O) groups is 1. The van der Waals surface area contributed by atoms with Crippen LogP contribution < -0.4 is 0 Å². The van der Waals surface area contributed by atoms with Gasteiger partial charge in [0, 0.05) is 4.90 Å². The van der Waals surface area contributed by atoms with Crippen LogP contribution in [-0.2, 0) is 4.79 Å². The van der Waals surface area contributed by atoms with E-state index in [1.54, 1.807) is 6.92 Å². The molecule has 0 aliphatic carbocycles. The molecule has 0 N–H and O–H groups in total. The zero-order valence-electron chi connectivity index (χ0n) is 11.7. The Balaban J connectivity index is 3.04. The van der Waals surface area contributed by atoms with Crippen LogP contribution in [0, 0.1) is 11.6 Å². The lowest BCUT2D eigenvalue weighted by Crippen LogP contribution is -2.20. The summed E-state index contributed by atoms with van der Waals surface area (Å²) in [7, 11) is 0. The van der Waals surface area contributed by atoms with E-state index in [0.717, 1.165) is 0 Å². The van der Waals surface area contributed by atoms with Crippen molar-refractivity contribution >= 4 is 57.2 Å². The fourth-order valence-electron chi connectivity index (χ4n) is 1.55. The van der Waals surface area contributed by atoms with Gasteiger partial charge >= 0.3 is 5.25 Å². The summed E-state index contributed by atoms with van der Waals surface area (Å²) in [5.74, 6) is -2.18. The van der Waals surface area contributed by atoms with E-state index in [4.69, 9.17) is 0 Å². The molecule has 10 heteroatoms. The first kappa shape index (κ1) is 21.1. The van der Waals surface area contributed by atoms with E-state index in [0.29, 0.717) is 36.7 Å². The van der Waals surface area contributed by atoms with E-state index in [1.807, 2.05) is 0 Å². The van der Waals surface area contributed by atoms with Crippen LogP contribution in [-0.4, -0.2) is 20.7 Å². The highest BCUT2D eigenvalue weighted by molar-refractivity contribution is 9.09. The first-order chi connectivity index (χ1) is 10.6. The Hall–Kier alpha value is 0.0700. The van der Waals surface area contributed by atoms with Crippen molar-refractivity contribution in [3.63, 3.8) is 0 Å². The second-order valence-corrected chi connectivity index (χ2v) is 8.09. The van der Waals surface area contributed by atoms with Crippen molar-refractivity contribution in [1.29, 1.82) is 0 Å². The molecule has 0 saturated carbocycles. The van der Waals surface area contributed by atoms with E-state index in [-0.39, 0.29) is 11.8 Å². The van der Waals surface area contributed by atoms with Crippen LogP contribution in [0.3, 0.4) is 0 Å². The van der Waals surface area contributed by atoms with Crippen LogP contribution in [0.1, 0.15) is 19.8 Å². The number of alkyl halides is 4. The molecule has 1 rings (SSSR count). The van der Waals surface area contributed by atoms with Gasteiger partial charge in [-0.3, -0.25) is 4.79 Å². The molecular weight excluding hydrogens is 443 g/mol. The molecule has 23 heavy (non-hydrogen) atoms. The van der Waals surface area contributed by atoms with E-state index < -0.39 is 42.1 Å². The Morgan fingerprint density at radius 2 is 1.87 bits per heavy atom. The Labute approximate surface area is 152 Å². The number of rotatable bonds is 8. The third-order valence-corrected chi connectivity index (χ3v) is 6.24. The van der Waals surface area contributed by atoms with Crippen molar-refractivity contribution in [1.82, 2.24) is 0 Å². The number of benzene rings is 1. The SMILES string of the molecule is CCCC(Sc1c(F)cc(SC(F)(F)C(F)Br)cc1F)C(=O)S. The zero-order valence-corrected chi connectivity index (χ0v) is 15.8. The number of hydrogen-bond donors (Lipinski definition) is 1. The lowest BCUT2D eigenvalue weighted by molar-refractivity contribution is -0.110. The second kappa shape index (κ2) is 8.96. The van der Waals surface area contributed by atoms with Gasteiger partial charge in [0.05, 0.1) is 10.1 Å². The van der Waals surface area contributed by atoms with Gasteiger partial charge in [-0.15, -0.1) is 24.4 Å². The summed E-state index contributed by atoms with van der Waals surface area (Å²) in [4.78, 5) is 10.4. The van der Waals surface area contributed by atoms with Crippen LogP contribution in [0.4, 0.5) is 22.0 Å². The molecule has 1 nitrogen and oxygen atoms in total. The van der Waals surface area contributed by atoms with Crippen molar-refractivity contribution in [2.45, 2.75) is 45.1 Å². The standard InChI is InChI=1S/C13H12BrF5OS3/c1-2-3-9(11(20)21)22-10-7(15)4-6(5-8(10)16)23-13(18,19)12(14)17/h4-5,9,12H,2-3H2,1H3,(H,20,21). The highest BCUT2D eigenvalue weighted by atomic mass is 79.9. The summed E-state index contributed by atoms with van der Waals surface area (Å²) in [5.41, 5.74) is 0. The Morgan fingerprint density at radius 1 is 1.35 bits per heavy atom. The number of halogens is 6. The molecule has 0 bridgehead atoms.